The topological polar surface area (TPSA) is 60.9 Å². The van der Waals surface area contributed by atoms with E-state index in [2.05, 4.69) is 9.80 Å². The van der Waals surface area contributed by atoms with Crippen LogP contribution in [-0.2, 0) is 16.4 Å². The summed E-state index contributed by atoms with van der Waals surface area (Å²) in [6.07, 6.45) is 0. The lowest BCUT2D eigenvalue weighted by Crippen LogP contribution is -2.59. The van der Waals surface area contributed by atoms with E-state index in [1.165, 1.54) is 0 Å². The quantitative estimate of drug-likeness (QED) is 0.867. The smallest absolute Gasteiger partial charge is 0.153 e. The van der Waals surface area contributed by atoms with E-state index in [0.29, 0.717) is 13.1 Å². The summed E-state index contributed by atoms with van der Waals surface area (Å²) in [4.78, 5) is 4.34. The molecule has 2 heterocycles. The van der Waals surface area contributed by atoms with Gasteiger partial charge in [0.05, 0.1) is 18.1 Å². The van der Waals surface area contributed by atoms with Crippen molar-refractivity contribution in [2.45, 2.75) is 18.6 Å². The van der Waals surface area contributed by atoms with Gasteiger partial charge >= 0.3 is 0 Å². The van der Waals surface area contributed by atoms with Crippen LogP contribution in [0.25, 0.3) is 0 Å². The van der Waals surface area contributed by atoms with Crippen LogP contribution in [0, 0.1) is 0 Å². The van der Waals surface area contributed by atoms with Crippen LogP contribution >= 0.6 is 11.6 Å². The molecule has 2 fully saturated rings. The van der Waals surface area contributed by atoms with E-state index in [9.17, 15) is 13.5 Å². The van der Waals surface area contributed by atoms with E-state index < -0.39 is 9.84 Å². The van der Waals surface area contributed by atoms with E-state index in [-0.39, 0.29) is 30.2 Å². The summed E-state index contributed by atoms with van der Waals surface area (Å²) in [5, 5.41) is 9.90. The molecule has 0 aliphatic carbocycles. The zero-order valence-corrected chi connectivity index (χ0v) is 13.9. The van der Waals surface area contributed by atoms with Crippen molar-refractivity contribution in [3.63, 3.8) is 0 Å². The van der Waals surface area contributed by atoms with Crippen molar-refractivity contribution in [1.29, 1.82) is 0 Å². The number of sulfone groups is 1. The largest absolute Gasteiger partial charge is 0.395 e. The Morgan fingerprint density at radius 1 is 1.14 bits per heavy atom. The number of hydrogen-bond acceptors (Lipinski definition) is 5. The summed E-state index contributed by atoms with van der Waals surface area (Å²) >= 11 is 6.23. The molecule has 3 rings (SSSR count). The van der Waals surface area contributed by atoms with Gasteiger partial charge in [0.15, 0.2) is 9.84 Å². The molecule has 122 valence electrons. The van der Waals surface area contributed by atoms with Crippen molar-refractivity contribution in [3.8, 4) is 0 Å². The summed E-state index contributed by atoms with van der Waals surface area (Å²) in [6, 6.07) is 7.66. The normalized spacial score (nSPS) is 28.6. The van der Waals surface area contributed by atoms with Crippen molar-refractivity contribution >= 4 is 21.4 Å². The van der Waals surface area contributed by atoms with Gasteiger partial charge in [0.2, 0.25) is 0 Å². The van der Waals surface area contributed by atoms with Gasteiger partial charge in [-0.05, 0) is 11.6 Å². The van der Waals surface area contributed by atoms with E-state index in [4.69, 9.17) is 11.6 Å². The predicted octanol–water partition coefficient (Wildman–Crippen LogP) is 0.615. The van der Waals surface area contributed by atoms with Crippen molar-refractivity contribution in [2.75, 3.05) is 37.7 Å². The van der Waals surface area contributed by atoms with Crippen LogP contribution in [0.15, 0.2) is 24.3 Å². The molecule has 1 N–H and O–H groups in total. The highest BCUT2D eigenvalue weighted by molar-refractivity contribution is 7.91. The molecule has 0 unspecified atom stereocenters. The lowest BCUT2D eigenvalue weighted by Gasteiger charge is -2.43. The average Bonchev–Trinajstić information content (AvgIpc) is 2.80. The van der Waals surface area contributed by atoms with Gasteiger partial charge in [0.1, 0.15) is 0 Å². The number of nitrogens with zero attached hydrogens (tertiary/aromatic N) is 2. The third kappa shape index (κ3) is 3.31. The lowest BCUT2D eigenvalue weighted by molar-refractivity contribution is 0.0308. The van der Waals surface area contributed by atoms with Crippen molar-refractivity contribution in [1.82, 2.24) is 9.80 Å². The molecule has 2 aliphatic rings. The highest BCUT2D eigenvalue weighted by Gasteiger charge is 2.46. The minimum atomic E-state index is -3.01. The summed E-state index contributed by atoms with van der Waals surface area (Å²) < 4.78 is 24.1. The number of piperazine rings is 1. The Morgan fingerprint density at radius 3 is 2.45 bits per heavy atom. The first-order valence-corrected chi connectivity index (χ1v) is 9.73. The Kier molecular flexibility index (Phi) is 4.75. The van der Waals surface area contributed by atoms with Gasteiger partial charge in [-0.2, -0.15) is 0 Å². The van der Waals surface area contributed by atoms with Crippen molar-refractivity contribution in [3.05, 3.63) is 34.9 Å². The standard InChI is InChI=1S/C15H21ClN2O3S/c16-13-4-2-1-3-12(13)9-18-6-5-17(7-8-19)14-10-22(20,21)11-15(14)18/h1-4,14-15,19H,5-11H2/t14-,15+/m1/s1. The molecule has 0 saturated carbocycles. The number of aliphatic hydroxyl groups is 1. The molecule has 0 spiro atoms. The number of rotatable bonds is 4. The molecule has 1 aromatic rings. The summed E-state index contributed by atoms with van der Waals surface area (Å²) in [5.41, 5.74) is 1.03. The zero-order valence-electron chi connectivity index (χ0n) is 12.4. The third-order valence-corrected chi connectivity index (χ3v) is 6.69. The maximum absolute atomic E-state index is 12.1. The van der Waals surface area contributed by atoms with E-state index >= 15 is 0 Å². The Labute approximate surface area is 136 Å². The number of aliphatic hydroxyl groups excluding tert-OH is 1. The number of halogens is 1. The second kappa shape index (κ2) is 6.45. The Morgan fingerprint density at radius 2 is 1.77 bits per heavy atom. The predicted molar refractivity (Wildman–Crippen MR) is 86.8 cm³/mol. The molecule has 2 atom stereocenters. The molecule has 0 aromatic heterocycles. The van der Waals surface area contributed by atoms with Gasteiger partial charge in [-0.3, -0.25) is 9.80 Å². The number of β-amino-alcohol motifs (C(OH)–C–C–N with tert-alkyl or cyclic N) is 1. The van der Waals surface area contributed by atoms with Gasteiger partial charge in [0, 0.05) is 43.3 Å². The minimum absolute atomic E-state index is 0.0124. The van der Waals surface area contributed by atoms with Crippen LogP contribution in [0.4, 0.5) is 0 Å². The fourth-order valence-corrected chi connectivity index (χ4v) is 5.78. The van der Waals surface area contributed by atoms with Crippen molar-refractivity contribution in [2.24, 2.45) is 0 Å². The fourth-order valence-electron chi connectivity index (χ4n) is 3.54. The van der Waals surface area contributed by atoms with Crippen LogP contribution in [0.2, 0.25) is 5.02 Å². The van der Waals surface area contributed by atoms with Crippen LogP contribution in [0.1, 0.15) is 5.56 Å². The number of hydrogen-bond donors (Lipinski definition) is 1. The second-order valence-corrected chi connectivity index (χ2v) is 8.59. The first-order valence-electron chi connectivity index (χ1n) is 7.53. The maximum atomic E-state index is 12.1. The van der Waals surface area contributed by atoms with E-state index in [0.717, 1.165) is 23.7 Å². The first kappa shape index (κ1) is 16.2. The van der Waals surface area contributed by atoms with Crippen LogP contribution in [0.5, 0.6) is 0 Å². The molecule has 2 aliphatic heterocycles. The molecule has 5 nitrogen and oxygen atoms in total. The molecule has 22 heavy (non-hydrogen) atoms. The highest BCUT2D eigenvalue weighted by atomic mass is 35.5. The molecule has 2 saturated heterocycles. The number of benzene rings is 1. The van der Waals surface area contributed by atoms with Gasteiger partial charge in [-0.15, -0.1) is 0 Å². The monoisotopic (exact) mass is 344 g/mol. The Hall–Kier alpha value is -0.660. The van der Waals surface area contributed by atoms with Crippen molar-refractivity contribution < 1.29 is 13.5 Å². The van der Waals surface area contributed by atoms with Crippen LogP contribution < -0.4 is 0 Å². The minimum Gasteiger partial charge on any atom is -0.395 e. The fraction of sp³-hybridized carbons (Fsp3) is 0.600. The Bertz CT molecular complexity index is 637. The second-order valence-electron chi connectivity index (χ2n) is 6.03. The summed E-state index contributed by atoms with van der Waals surface area (Å²) in [6.45, 7) is 2.84. The Balaban J connectivity index is 1.80. The molecule has 1 aromatic carbocycles. The number of fused-ring (bicyclic) bond motifs is 1. The first-order chi connectivity index (χ1) is 10.5. The summed E-state index contributed by atoms with van der Waals surface area (Å²) in [7, 11) is -3.01. The maximum Gasteiger partial charge on any atom is 0.153 e. The molecule has 0 amide bonds. The molecule has 7 heteroatoms. The van der Waals surface area contributed by atoms with Gasteiger partial charge in [-0.1, -0.05) is 29.8 Å². The molecule has 0 radical (unpaired) electrons. The van der Waals surface area contributed by atoms with Gasteiger partial charge in [0.25, 0.3) is 0 Å². The van der Waals surface area contributed by atoms with Gasteiger partial charge < -0.3 is 5.11 Å². The molecular formula is C15H21ClN2O3S. The lowest BCUT2D eigenvalue weighted by atomic mass is 10.0. The van der Waals surface area contributed by atoms with Crippen LogP contribution in [-0.4, -0.2) is 73.2 Å². The molecule has 0 bridgehead atoms. The third-order valence-electron chi connectivity index (χ3n) is 4.62. The van der Waals surface area contributed by atoms with E-state index in [1.807, 2.05) is 24.3 Å². The summed E-state index contributed by atoms with van der Waals surface area (Å²) in [5.74, 6) is 0.390. The SMILES string of the molecule is O=S1(=O)C[C@@H]2[C@H](C1)N(Cc1ccccc1Cl)CCN2CCO. The average molecular weight is 345 g/mol. The van der Waals surface area contributed by atoms with Crippen LogP contribution in [0.3, 0.4) is 0 Å². The zero-order chi connectivity index (χ0) is 15.7. The molecular weight excluding hydrogens is 324 g/mol. The highest BCUT2D eigenvalue weighted by Crippen LogP contribution is 2.29. The van der Waals surface area contributed by atoms with Gasteiger partial charge in [-0.25, -0.2) is 8.42 Å². The van der Waals surface area contributed by atoms with E-state index in [1.54, 1.807) is 0 Å².